The Labute approximate surface area is 120 Å². The van der Waals surface area contributed by atoms with Gasteiger partial charge in [-0.2, -0.15) is 5.10 Å². The Morgan fingerprint density at radius 3 is 2.89 bits per heavy atom. The molecule has 0 unspecified atom stereocenters. The van der Waals surface area contributed by atoms with E-state index in [-0.39, 0.29) is 5.91 Å². The van der Waals surface area contributed by atoms with Crippen molar-refractivity contribution in [3.05, 3.63) is 51.6 Å². The number of aryl methyl sites for hydroxylation is 1. The van der Waals surface area contributed by atoms with Gasteiger partial charge < -0.3 is 5.32 Å². The van der Waals surface area contributed by atoms with E-state index < -0.39 is 0 Å². The second-order valence-corrected chi connectivity index (χ2v) is 4.69. The van der Waals surface area contributed by atoms with Crippen LogP contribution in [-0.4, -0.2) is 16.1 Å². The van der Waals surface area contributed by atoms with Crippen molar-refractivity contribution < 1.29 is 4.79 Å². The molecule has 2 N–H and O–H groups in total. The van der Waals surface area contributed by atoms with Crippen LogP contribution in [0.1, 0.15) is 11.3 Å². The molecule has 98 valence electrons. The number of hydrogen-bond acceptors (Lipinski definition) is 2. The van der Waals surface area contributed by atoms with Crippen LogP contribution in [0.15, 0.2) is 30.3 Å². The van der Waals surface area contributed by atoms with Gasteiger partial charge in [-0.3, -0.25) is 9.89 Å². The number of nitrogens with zero attached hydrogens (tertiary/aromatic N) is 1. The molecule has 1 amide bonds. The molecular weight excluding hydrogens is 285 g/mol. The monoisotopic (exact) mass is 295 g/mol. The standard InChI is InChI=1S/C13H11Cl2N3O/c1-8-7-11(18-17-8)16-12(19)6-5-9-3-2-4-10(14)13(9)15/h2-7H,1H3,(H2,16,17,18,19). The SMILES string of the molecule is Cc1cc(NC(=O)C=Cc2cccc(Cl)c2Cl)n[nH]1. The molecule has 2 aromatic rings. The van der Waals surface area contributed by atoms with Crippen LogP contribution in [0.25, 0.3) is 6.08 Å². The van der Waals surface area contributed by atoms with Crippen molar-refractivity contribution in [3.63, 3.8) is 0 Å². The first-order valence-electron chi connectivity index (χ1n) is 5.51. The molecule has 0 saturated carbocycles. The van der Waals surface area contributed by atoms with Crippen molar-refractivity contribution in [1.82, 2.24) is 10.2 Å². The van der Waals surface area contributed by atoms with Crippen LogP contribution in [0.3, 0.4) is 0 Å². The second kappa shape index (κ2) is 5.91. The number of hydrogen-bond donors (Lipinski definition) is 2. The lowest BCUT2D eigenvalue weighted by Gasteiger charge is -2.00. The minimum Gasteiger partial charge on any atom is -0.306 e. The minimum atomic E-state index is -0.289. The van der Waals surface area contributed by atoms with E-state index in [4.69, 9.17) is 23.2 Å². The molecule has 0 atom stereocenters. The first-order chi connectivity index (χ1) is 9.06. The van der Waals surface area contributed by atoms with Crippen molar-refractivity contribution in [2.75, 3.05) is 5.32 Å². The Kier molecular flexibility index (Phi) is 4.24. The number of halogens is 2. The maximum atomic E-state index is 11.7. The number of nitrogens with one attached hydrogen (secondary N) is 2. The van der Waals surface area contributed by atoms with Crippen LogP contribution in [0.2, 0.25) is 10.0 Å². The lowest BCUT2D eigenvalue weighted by Crippen LogP contribution is -2.07. The van der Waals surface area contributed by atoms with E-state index in [2.05, 4.69) is 15.5 Å². The molecule has 1 heterocycles. The smallest absolute Gasteiger partial charge is 0.249 e. The molecule has 2 rings (SSSR count). The van der Waals surface area contributed by atoms with Crippen LogP contribution in [0.5, 0.6) is 0 Å². The predicted molar refractivity (Wildman–Crippen MR) is 77.5 cm³/mol. The highest BCUT2D eigenvalue weighted by molar-refractivity contribution is 6.42. The highest BCUT2D eigenvalue weighted by Gasteiger charge is 2.03. The third-order valence-corrected chi connectivity index (χ3v) is 3.19. The molecule has 4 nitrogen and oxygen atoms in total. The van der Waals surface area contributed by atoms with Crippen LogP contribution in [0, 0.1) is 6.92 Å². The fraction of sp³-hybridized carbons (Fsp3) is 0.0769. The zero-order valence-electron chi connectivity index (χ0n) is 10.1. The number of amides is 1. The molecule has 0 aliphatic heterocycles. The zero-order chi connectivity index (χ0) is 13.8. The number of aromatic amines is 1. The third kappa shape index (κ3) is 3.59. The molecule has 1 aromatic carbocycles. The highest BCUT2D eigenvalue weighted by Crippen LogP contribution is 2.26. The van der Waals surface area contributed by atoms with E-state index in [9.17, 15) is 4.79 Å². The van der Waals surface area contributed by atoms with Gasteiger partial charge in [-0.1, -0.05) is 35.3 Å². The Balaban J connectivity index is 2.06. The summed E-state index contributed by atoms with van der Waals surface area (Å²) in [5.74, 6) is 0.187. The summed E-state index contributed by atoms with van der Waals surface area (Å²) in [5, 5.41) is 10.1. The number of carbonyl (C=O) groups excluding carboxylic acids is 1. The van der Waals surface area contributed by atoms with Crippen molar-refractivity contribution in [1.29, 1.82) is 0 Å². The van der Waals surface area contributed by atoms with Crippen LogP contribution in [0.4, 0.5) is 5.82 Å². The van der Waals surface area contributed by atoms with Crippen molar-refractivity contribution in [3.8, 4) is 0 Å². The molecule has 0 aliphatic carbocycles. The van der Waals surface area contributed by atoms with Crippen LogP contribution in [-0.2, 0) is 4.79 Å². The summed E-state index contributed by atoms with van der Waals surface area (Å²) in [6.45, 7) is 1.85. The van der Waals surface area contributed by atoms with E-state index in [1.807, 2.05) is 6.92 Å². The van der Waals surface area contributed by atoms with E-state index in [0.717, 1.165) is 5.69 Å². The fourth-order valence-corrected chi connectivity index (χ4v) is 1.84. The van der Waals surface area contributed by atoms with E-state index in [1.165, 1.54) is 6.08 Å². The molecule has 0 aliphatic rings. The van der Waals surface area contributed by atoms with Gasteiger partial charge in [0, 0.05) is 17.8 Å². The van der Waals surface area contributed by atoms with Gasteiger partial charge in [-0.15, -0.1) is 0 Å². The lowest BCUT2D eigenvalue weighted by atomic mass is 10.2. The first-order valence-corrected chi connectivity index (χ1v) is 6.27. The maximum Gasteiger partial charge on any atom is 0.249 e. The third-order valence-electron chi connectivity index (χ3n) is 2.35. The van der Waals surface area contributed by atoms with Gasteiger partial charge in [0.2, 0.25) is 5.91 Å². The number of benzene rings is 1. The van der Waals surface area contributed by atoms with Gasteiger partial charge in [0.05, 0.1) is 10.0 Å². The summed E-state index contributed by atoms with van der Waals surface area (Å²) in [5.41, 5.74) is 1.56. The number of aromatic nitrogens is 2. The summed E-state index contributed by atoms with van der Waals surface area (Å²) in [6, 6.07) is 6.96. The number of carbonyl (C=O) groups is 1. The molecule has 0 spiro atoms. The maximum absolute atomic E-state index is 11.7. The van der Waals surface area contributed by atoms with Gasteiger partial charge in [-0.05, 0) is 24.6 Å². The average molecular weight is 296 g/mol. The van der Waals surface area contributed by atoms with E-state index in [0.29, 0.717) is 21.4 Å². The minimum absolute atomic E-state index is 0.289. The molecule has 6 heteroatoms. The first kappa shape index (κ1) is 13.6. The molecule has 0 radical (unpaired) electrons. The number of anilines is 1. The zero-order valence-corrected chi connectivity index (χ0v) is 11.6. The van der Waals surface area contributed by atoms with Crippen molar-refractivity contribution >= 4 is 41.0 Å². The Bertz CT molecular complexity index is 635. The molecular formula is C13H11Cl2N3O. The topological polar surface area (TPSA) is 57.8 Å². The Morgan fingerprint density at radius 1 is 1.42 bits per heavy atom. The van der Waals surface area contributed by atoms with E-state index >= 15 is 0 Å². The van der Waals surface area contributed by atoms with Gasteiger partial charge >= 0.3 is 0 Å². The van der Waals surface area contributed by atoms with Crippen LogP contribution < -0.4 is 5.32 Å². The van der Waals surface area contributed by atoms with Crippen molar-refractivity contribution in [2.24, 2.45) is 0 Å². The summed E-state index contributed by atoms with van der Waals surface area (Å²) in [6.07, 6.45) is 2.98. The summed E-state index contributed by atoms with van der Waals surface area (Å²) in [7, 11) is 0. The second-order valence-electron chi connectivity index (χ2n) is 3.90. The Hall–Kier alpha value is -1.78. The average Bonchev–Trinajstić information content (AvgIpc) is 2.76. The van der Waals surface area contributed by atoms with Crippen molar-refractivity contribution in [2.45, 2.75) is 6.92 Å². The van der Waals surface area contributed by atoms with Gasteiger partial charge in [0.25, 0.3) is 0 Å². The van der Waals surface area contributed by atoms with Gasteiger partial charge in [0.15, 0.2) is 5.82 Å². The quantitative estimate of drug-likeness (QED) is 0.849. The molecule has 19 heavy (non-hydrogen) atoms. The fourth-order valence-electron chi connectivity index (χ4n) is 1.46. The van der Waals surface area contributed by atoms with Crippen LogP contribution >= 0.6 is 23.2 Å². The molecule has 0 fully saturated rings. The molecule has 1 aromatic heterocycles. The lowest BCUT2D eigenvalue weighted by molar-refractivity contribution is -0.111. The largest absolute Gasteiger partial charge is 0.306 e. The normalized spacial score (nSPS) is 10.9. The summed E-state index contributed by atoms with van der Waals surface area (Å²) in [4.78, 5) is 11.7. The number of rotatable bonds is 3. The van der Waals surface area contributed by atoms with E-state index in [1.54, 1.807) is 30.3 Å². The predicted octanol–water partition coefficient (Wildman–Crippen LogP) is 3.68. The number of H-pyrrole nitrogens is 1. The molecule has 0 saturated heterocycles. The Morgan fingerprint density at radius 2 is 2.21 bits per heavy atom. The highest BCUT2D eigenvalue weighted by atomic mass is 35.5. The van der Waals surface area contributed by atoms with Gasteiger partial charge in [-0.25, -0.2) is 0 Å². The summed E-state index contributed by atoms with van der Waals surface area (Å²) < 4.78 is 0. The summed E-state index contributed by atoms with van der Waals surface area (Å²) >= 11 is 11.9. The molecule has 0 bridgehead atoms. The van der Waals surface area contributed by atoms with Gasteiger partial charge in [0.1, 0.15) is 0 Å².